The number of aryl methyl sites for hydroxylation is 1. The van der Waals surface area contributed by atoms with E-state index in [-0.39, 0.29) is 6.03 Å². The average Bonchev–Trinajstić information content (AvgIpc) is 2.72. The Morgan fingerprint density at radius 1 is 1.39 bits per heavy atom. The molecular formula is C17H24N4OS. The van der Waals surface area contributed by atoms with Crippen LogP contribution in [-0.4, -0.2) is 51.3 Å². The van der Waals surface area contributed by atoms with E-state index in [2.05, 4.69) is 29.5 Å². The molecule has 0 saturated carbocycles. The van der Waals surface area contributed by atoms with Crippen molar-refractivity contribution in [2.24, 2.45) is 7.05 Å². The van der Waals surface area contributed by atoms with Crippen molar-refractivity contribution in [2.45, 2.75) is 25.8 Å². The molecule has 1 aromatic heterocycles. The fourth-order valence-electron chi connectivity index (χ4n) is 3.06. The summed E-state index contributed by atoms with van der Waals surface area (Å²) < 4.78 is 1.90. The average molecular weight is 332 g/mol. The predicted molar refractivity (Wildman–Crippen MR) is 95.9 cm³/mol. The molecule has 1 aromatic carbocycles. The summed E-state index contributed by atoms with van der Waals surface area (Å²) in [5.41, 5.74) is 2.18. The highest BCUT2D eigenvalue weighted by atomic mass is 32.2. The molecule has 1 atom stereocenters. The Kier molecular flexibility index (Phi) is 5.10. The van der Waals surface area contributed by atoms with Crippen LogP contribution >= 0.6 is 11.8 Å². The maximum Gasteiger partial charge on any atom is 0.317 e. The topological polar surface area (TPSA) is 50.2 Å². The summed E-state index contributed by atoms with van der Waals surface area (Å²) in [6.45, 7) is 3.60. The molecule has 1 fully saturated rings. The van der Waals surface area contributed by atoms with Gasteiger partial charge in [-0.1, -0.05) is 18.2 Å². The zero-order chi connectivity index (χ0) is 16.2. The molecular weight excluding hydrogens is 308 g/mol. The van der Waals surface area contributed by atoms with Crippen LogP contribution in [0.3, 0.4) is 0 Å². The van der Waals surface area contributed by atoms with E-state index in [4.69, 9.17) is 0 Å². The zero-order valence-corrected chi connectivity index (χ0v) is 14.6. The highest BCUT2D eigenvalue weighted by Crippen LogP contribution is 2.18. The van der Waals surface area contributed by atoms with E-state index in [1.807, 2.05) is 40.5 Å². The summed E-state index contributed by atoms with van der Waals surface area (Å²) >= 11 is 1.93. The second-order valence-corrected chi connectivity index (χ2v) is 7.24. The number of fused-ring (bicyclic) bond motifs is 1. The summed E-state index contributed by atoms with van der Waals surface area (Å²) in [7, 11) is 1.96. The Balaban J connectivity index is 1.59. The number of thioether (sulfide) groups is 1. The third kappa shape index (κ3) is 3.63. The standard InChI is InChI=1S/C17H24N4OS/c1-13-8-11-23-12-10-21(13)17(22)18-9-7-15-14-5-3-4-6-16(14)20(2)19-15/h3-6,13H,7-12H2,1-2H3,(H,18,22). The second kappa shape index (κ2) is 7.25. The fourth-order valence-corrected chi connectivity index (χ4v) is 4.10. The first kappa shape index (κ1) is 16.2. The van der Waals surface area contributed by atoms with Crippen molar-refractivity contribution >= 4 is 28.7 Å². The van der Waals surface area contributed by atoms with E-state index in [1.54, 1.807) is 0 Å². The van der Waals surface area contributed by atoms with Gasteiger partial charge in [-0.3, -0.25) is 4.68 Å². The molecule has 3 rings (SSSR count). The normalized spacial score (nSPS) is 18.9. The van der Waals surface area contributed by atoms with Crippen molar-refractivity contribution in [3.8, 4) is 0 Å². The van der Waals surface area contributed by atoms with Gasteiger partial charge in [0, 0.05) is 43.7 Å². The summed E-state index contributed by atoms with van der Waals surface area (Å²) in [5.74, 6) is 2.17. The predicted octanol–water partition coefficient (Wildman–Crippen LogP) is 2.65. The van der Waals surface area contributed by atoms with Gasteiger partial charge in [-0.25, -0.2) is 4.79 Å². The molecule has 0 bridgehead atoms. The van der Waals surface area contributed by atoms with Crippen molar-refractivity contribution < 1.29 is 4.79 Å². The number of urea groups is 1. The third-order valence-electron chi connectivity index (χ3n) is 4.42. The van der Waals surface area contributed by atoms with E-state index in [0.29, 0.717) is 12.6 Å². The first-order valence-electron chi connectivity index (χ1n) is 8.19. The van der Waals surface area contributed by atoms with Gasteiger partial charge in [-0.05, 0) is 25.2 Å². The van der Waals surface area contributed by atoms with Crippen LogP contribution in [0.1, 0.15) is 19.0 Å². The Morgan fingerprint density at radius 2 is 2.22 bits per heavy atom. The lowest BCUT2D eigenvalue weighted by atomic mass is 10.1. The minimum atomic E-state index is 0.0558. The van der Waals surface area contributed by atoms with Crippen LogP contribution in [-0.2, 0) is 13.5 Å². The van der Waals surface area contributed by atoms with Gasteiger partial charge in [0.25, 0.3) is 0 Å². The van der Waals surface area contributed by atoms with Crippen molar-refractivity contribution in [2.75, 3.05) is 24.6 Å². The lowest BCUT2D eigenvalue weighted by Gasteiger charge is -2.26. The first-order chi connectivity index (χ1) is 11.2. The molecule has 2 amide bonds. The number of rotatable bonds is 3. The number of nitrogens with zero attached hydrogens (tertiary/aromatic N) is 3. The SMILES string of the molecule is CC1CCSCCN1C(=O)NCCc1nn(C)c2ccccc12. The van der Waals surface area contributed by atoms with Crippen molar-refractivity contribution in [3.63, 3.8) is 0 Å². The molecule has 0 radical (unpaired) electrons. The van der Waals surface area contributed by atoms with E-state index in [9.17, 15) is 4.79 Å². The Morgan fingerprint density at radius 3 is 3.09 bits per heavy atom. The Bertz CT molecular complexity index is 684. The minimum absolute atomic E-state index is 0.0558. The van der Waals surface area contributed by atoms with Crippen molar-refractivity contribution in [1.29, 1.82) is 0 Å². The molecule has 1 N–H and O–H groups in total. The number of nitrogens with one attached hydrogen (secondary N) is 1. The van der Waals surface area contributed by atoms with Crippen molar-refractivity contribution in [3.05, 3.63) is 30.0 Å². The minimum Gasteiger partial charge on any atom is -0.338 e. The monoisotopic (exact) mass is 332 g/mol. The third-order valence-corrected chi connectivity index (χ3v) is 5.42. The maximum absolute atomic E-state index is 12.4. The summed E-state index contributed by atoms with van der Waals surface area (Å²) in [5, 5.41) is 8.81. The van der Waals surface area contributed by atoms with E-state index in [1.165, 1.54) is 5.39 Å². The number of carbonyl (C=O) groups excluding carboxylic acids is 1. The van der Waals surface area contributed by atoms with Gasteiger partial charge >= 0.3 is 6.03 Å². The maximum atomic E-state index is 12.4. The van der Waals surface area contributed by atoms with Crippen LogP contribution in [0.2, 0.25) is 0 Å². The molecule has 124 valence electrons. The lowest BCUT2D eigenvalue weighted by molar-refractivity contribution is 0.183. The van der Waals surface area contributed by atoms with E-state index in [0.717, 1.165) is 42.1 Å². The summed E-state index contributed by atoms with van der Waals surface area (Å²) in [6, 6.07) is 8.59. The molecule has 1 saturated heterocycles. The largest absolute Gasteiger partial charge is 0.338 e. The molecule has 1 aliphatic rings. The van der Waals surface area contributed by atoms with Gasteiger partial charge in [-0.15, -0.1) is 0 Å². The van der Waals surface area contributed by atoms with Crippen LogP contribution in [0, 0.1) is 0 Å². The van der Waals surface area contributed by atoms with Gasteiger partial charge in [0.1, 0.15) is 0 Å². The number of hydrogen-bond acceptors (Lipinski definition) is 3. The summed E-state index contributed by atoms with van der Waals surface area (Å²) in [6.07, 6.45) is 1.83. The number of para-hydroxylation sites is 1. The van der Waals surface area contributed by atoms with Gasteiger partial charge in [0.15, 0.2) is 0 Å². The smallest absolute Gasteiger partial charge is 0.317 e. The molecule has 2 heterocycles. The zero-order valence-electron chi connectivity index (χ0n) is 13.8. The van der Waals surface area contributed by atoms with Gasteiger partial charge in [0.05, 0.1) is 11.2 Å². The Hall–Kier alpha value is -1.69. The second-order valence-electron chi connectivity index (χ2n) is 6.01. The van der Waals surface area contributed by atoms with Crippen LogP contribution < -0.4 is 5.32 Å². The molecule has 0 spiro atoms. The van der Waals surface area contributed by atoms with Gasteiger partial charge < -0.3 is 10.2 Å². The molecule has 6 heteroatoms. The van der Waals surface area contributed by atoms with Gasteiger partial charge in [0.2, 0.25) is 0 Å². The quantitative estimate of drug-likeness (QED) is 0.940. The number of aromatic nitrogens is 2. The van der Waals surface area contributed by atoms with Crippen molar-refractivity contribution in [1.82, 2.24) is 20.0 Å². The molecule has 2 aromatic rings. The van der Waals surface area contributed by atoms with Crippen LogP contribution in [0.5, 0.6) is 0 Å². The molecule has 0 aliphatic carbocycles. The first-order valence-corrected chi connectivity index (χ1v) is 9.35. The fraction of sp³-hybridized carbons (Fsp3) is 0.529. The lowest BCUT2D eigenvalue weighted by Crippen LogP contribution is -2.46. The van der Waals surface area contributed by atoms with Gasteiger partial charge in [-0.2, -0.15) is 16.9 Å². The van der Waals surface area contributed by atoms with Crippen LogP contribution in [0.4, 0.5) is 4.79 Å². The number of amides is 2. The Labute approximate surface area is 141 Å². The number of hydrogen-bond donors (Lipinski definition) is 1. The number of benzene rings is 1. The van der Waals surface area contributed by atoms with E-state index < -0.39 is 0 Å². The highest BCUT2D eigenvalue weighted by Gasteiger charge is 2.21. The molecule has 1 unspecified atom stereocenters. The van der Waals surface area contributed by atoms with Crippen LogP contribution in [0.25, 0.3) is 10.9 Å². The molecule has 5 nitrogen and oxygen atoms in total. The van der Waals surface area contributed by atoms with Crippen LogP contribution in [0.15, 0.2) is 24.3 Å². The number of carbonyl (C=O) groups is 1. The molecule has 23 heavy (non-hydrogen) atoms. The summed E-state index contributed by atoms with van der Waals surface area (Å²) in [4.78, 5) is 14.4. The van der Waals surface area contributed by atoms with E-state index >= 15 is 0 Å². The highest BCUT2D eigenvalue weighted by molar-refractivity contribution is 7.99. The molecule has 1 aliphatic heterocycles.